The third-order valence-corrected chi connectivity index (χ3v) is 5.56. The lowest BCUT2D eigenvalue weighted by atomic mass is 10.1. The Bertz CT molecular complexity index is 953. The number of nitrogens with zero attached hydrogens (tertiary/aromatic N) is 2. The molecule has 0 aliphatic carbocycles. The van der Waals surface area contributed by atoms with Crippen LogP contribution < -0.4 is 15.0 Å². The summed E-state index contributed by atoms with van der Waals surface area (Å²) < 4.78 is 5.52. The van der Waals surface area contributed by atoms with Crippen LogP contribution in [0.3, 0.4) is 0 Å². The van der Waals surface area contributed by atoms with Gasteiger partial charge in [-0.25, -0.2) is 0 Å². The Morgan fingerprint density at radius 2 is 1.70 bits per heavy atom. The van der Waals surface area contributed by atoms with Crippen LogP contribution in [0.15, 0.2) is 42.5 Å². The van der Waals surface area contributed by atoms with E-state index in [1.807, 2.05) is 18.2 Å². The first-order chi connectivity index (χ1) is 14.6. The molecule has 0 unspecified atom stereocenters. The van der Waals surface area contributed by atoms with Crippen molar-refractivity contribution in [3.8, 4) is 5.75 Å². The van der Waals surface area contributed by atoms with Crippen LogP contribution in [0.1, 0.15) is 39.1 Å². The van der Waals surface area contributed by atoms with Crippen LogP contribution >= 0.6 is 0 Å². The molecule has 7 nitrogen and oxygen atoms in total. The average Bonchev–Trinajstić information content (AvgIpc) is 3.00. The zero-order valence-electron chi connectivity index (χ0n) is 17.0. The van der Waals surface area contributed by atoms with E-state index in [2.05, 4.69) is 5.32 Å². The number of fused-ring (bicyclic) bond motifs is 2. The van der Waals surface area contributed by atoms with Gasteiger partial charge in [0.15, 0.2) is 6.61 Å². The number of unbranched alkanes of at least 4 members (excludes halogenated alkanes) is 1. The summed E-state index contributed by atoms with van der Waals surface area (Å²) in [5, 5.41) is 3.40. The minimum absolute atomic E-state index is 0.0434. The summed E-state index contributed by atoms with van der Waals surface area (Å²) in [6.07, 6.45) is 2.51. The molecule has 4 rings (SSSR count). The number of carbonyl (C=O) groups excluding carboxylic acids is 3. The maximum absolute atomic E-state index is 12.3. The number of hydrogen-bond donors (Lipinski definition) is 1. The predicted molar refractivity (Wildman–Crippen MR) is 113 cm³/mol. The van der Waals surface area contributed by atoms with Crippen LogP contribution in [0.2, 0.25) is 0 Å². The summed E-state index contributed by atoms with van der Waals surface area (Å²) in [5.74, 6) is 0.324. The molecule has 1 N–H and O–H groups in total. The standard InChI is InChI=1S/C23H25N3O4/c1-25-19-9-8-16(14-20(19)30-15-21(25)27)10-12-24-11-4-5-13-26-22(28)17-6-2-3-7-18(17)23(26)29/h2-3,6-9,14,24H,4-5,10-13,15H2,1H3. The lowest BCUT2D eigenvalue weighted by Gasteiger charge is -2.26. The van der Waals surface area contributed by atoms with Crippen molar-refractivity contribution in [1.82, 2.24) is 10.2 Å². The Labute approximate surface area is 175 Å². The van der Waals surface area contributed by atoms with Gasteiger partial charge in [0.25, 0.3) is 17.7 Å². The average molecular weight is 407 g/mol. The smallest absolute Gasteiger partial charge is 0.264 e. The molecule has 0 radical (unpaired) electrons. The molecule has 3 amide bonds. The van der Waals surface area contributed by atoms with Crippen LogP contribution in [0.25, 0.3) is 0 Å². The van der Waals surface area contributed by atoms with Crippen LogP contribution in [-0.2, 0) is 11.2 Å². The number of benzene rings is 2. The van der Waals surface area contributed by atoms with Gasteiger partial charge < -0.3 is 15.0 Å². The van der Waals surface area contributed by atoms with Gasteiger partial charge in [0.2, 0.25) is 0 Å². The second-order valence-corrected chi connectivity index (χ2v) is 7.56. The summed E-state index contributed by atoms with van der Waals surface area (Å²) in [6, 6.07) is 12.9. The number of amides is 3. The first-order valence-electron chi connectivity index (χ1n) is 10.2. The minimum atomic E-state index is -0.189. The van der Waals surface area contributed by atoms with Crippen molar-refractivity contribution >= 4 is 23.4 Å². The molecule has 2 aliphatic heterocycles. The first kappa shape index (κ1) is 20.1. The fourth-order valence-electron chi connectivity index (χ4n) is 3.80. The van der Waals surface area contributed by atoms with Crippen molar-refractivity contribution in [3.63, 3.8) is 0 Å². The van der Waals surface area contributed by atoms with E-state index < -0.39 is 0 Å². The molecule has 0 spiro atoms. The Kier molecular flexibility index (Phi) is 5.81. The Hall–Kier alpha value is -3.19. The highest BCUT2D eigenvalue weighted by Crippen LogP contribution is 2.32. The maximum Gasteiger partial charge on any atom is 0.264 e. The number of carbonyl (C=O) groups is 3. The third-order valence-electron chi connectivity index (χ3n) is 5.56. The van der Waals surface area contributed by atoms with Crippen molar-refractivity contribution in [2.24, 2.45) is 0 Å². The second-order valence-electron chi connectivity index (χ2n) is 7.56. The lowest BCUT2D eigenvalue weighted by Crippen LogP contribution is -2.35. The second kappa shape index (κ2) is 8.67. The highest BCUT2D eigenvalue weighted by molar-refractivity contribution is 6.21. The summed E-state index contributed by atoms with van der Waals surface area (Å²) >= 11 is 0. The van der Waals surface area contributed by atoms with Crippen LogP contribution in [0.5, 0.6) is 5.75 Å². The van der Waals surface area contributed by atoms with Crippen molar-refractivity contribution in [2.75, 3.05) is 38.2 Å². The molecule has 0 atom stereocenters. The zero-order valence-corrected chi connectivity index (χ0v) is 17.0. The van der Waals surface area contributed by atoms with E-state index in [0.717, 1.165) is 49.4 Å². The van der Waals surface area contributed by atoms with Crippen LogP contribution in [0, 0.1) is 0 Å². The van der Waals surface area contributed by atoms with E-state index in [1.165, 1.54) is 4.90 Å². The lowest BCUT2D eigenvalue weighted by molar-refractivity contribution is -0.121. The number of ether oxygens (including phenoxy) is 1. The van der Waals surface area contributed by atoms with E-state index in [4.69, 9.17) is 4.74 Å². The molecule has 2 aromatic rings. The zero-order chi connectivity index (χ0) is 21.1. The summed E-state index contributed by atoms with van der Waals surface area (Å²) in [4.78, 5) is 39.3. The number of likely N-dealkylation sites (N-methyl/N-ethyl adjacent to an activating group) is 1. The van der Waals surface area contributed by atoms with Gasteiger partial charge in [-0.15, -0.1) is 0 Å². The largest absolute Gasteiger partial charge is 0.482 e. The van der Waals surface area contributed by atoms with Crippen molar-refractivity contribution in [1.29, 1.82) is 0 Å². The van der Waals surface area contributed by atoms with E-state index in [0.29, 0.717) is 17.7 Å². The maximum atomic E-state index is 12.3. The molecule has 156 valence electrons. The highest BCUT2D eigenvalue weighted by atomic mass is 16.5. The molecular weight excluding hydrogens is 382 g/mol. The molecule has 30 heavy (non-hydrogen) atoms. The molecular formula is C23H25N3O4. The van der Waals surface area contributed by atoms with Gasteiger partial charge in [-0.05, 0) is 62.2 Å². The highest BCUT2D eigenvalue weighted by Gasteiger charge is 2.34. The van der Waals surface area contributed by atoms with Gasteiger partial charge in [-0.1, -0.05) is 18.2 Å². The first-order valence-corrected chi connectivity index (χ1v) is 10.2. The molecule has 0 saturated carbocycles. The van der Waals surface area contributed by atoms with Crippen LogP contribution in [-0.4, -0.2) is 55.9 Å². The van der Waals surface area contributed by atoms with Gasteiger partial charge in [-0.2, -0.15) is 0 Å². The van der Waals surface area contributed by atoms with E-state index >= 15 is 0 Å². The van der Waals surface area contributed by atoms with Gasteiger partial charge >= 0.3 is 0 Å². The molecule has 2 aliphatic rings. The van der Waals surface area contributed by atoms with E-state index in [9.17, 15) is 14.4 Å². The predicted octanol–water partition coefficient (Wildman–Crippen LogP) is 2.25. The molecule has 7 heteroatoms. The molecule has 2 aromatic carbocycles. The normalized spacial score (nSPS) is 15.3. The van der Waals surface area contributed by atoms with Gasteiger partial charge in [0.05, 0.1) is 16.8 Å². The summed E-state index contributed by atoms with van der Waals surface area (Å²) in [7, 11) is 1.76. The number of nitrogens with one attached hydrogen (secondary N) is 1. The van der Waals surface area contributed by atoms with Crippen molar-refractivity contribution < 1.29 is 19.1 Å². The quantitative estimate of drug-likeness (QED) is 0.536. The number of rotatable bonds is 8. The Balaban J connectivity index is 1.16. The third kappa shape index (κ3) is 3.93. The Morgan fingerprint density at radius 1 is 0.967 bits per heavy atom. The van der Waals surface area contributed by atoms with Gasteiger partial charge in [0.1, 0.15) is 5.75 Å². The molecule has 0 bridgehead atoms. The van der Waals surface area contributed by atoms with E-state index in [-0.39, 0.29) is 24.3 Å². The van der Waals surface area contributed by atoms with E-state index in [1.54, 1.807) is 36.2 Å². The van der Waals surface area contributed by atoms with Gasteiger partial charge in [0, 0.05) is 13.6 Å². The Morgan fingerprint density at radius 3 is 2.43 bits per heavy atom. The summed E-state index contributed by atoms with van der Waals surface area (Å²) in [6.45, 7) is 2.17. The fourth-order valence-corrected chi connectivity index (χ4v) is 3.80. The van der Waals surface area contributed by atoms with Crippen molar-refractivity contribution in [2.45, 2.75) is 19.3 Å². The summed E-state index contributed by atoms with van der Waals surface area (Å²) in [5.41, 5.74) is 2.96. The SMILES string of the molecule is CN1C(=O)COc2cc(CCNCCCCN3C(=O)c4ccccc4C3=O)ccc21. The topological polar surface area (TPSA) is 79.0 Å². The van der Waals surface area contributed by atoms with Crippen LogP contribution in [0.4, 0.5) is 5.69 Å². The van der Waals surface area contributed by atoms with Gasteiger partial charge in [-0.3, -0.25) is 19.3 Å². The fraction of sp³-hybridized carbons (Fsp3) is 0.348. The molecule has 2 heterocycles. The number of hydrogen-bond acceptors (Lipinski definition) is 5. The molecule has 0 aromatic heterocycles. The molecule has 0 saturated heterocycles. The number of anilines is 1. The van der Waals surface area contributed by atoms with Crippen molar-refractivity contribution in [3.05, 3.63) is 59.2 Å². The monoisotopic (exact) mass is 407 g/mol. The number of imide groups is 1. The molecule has 0 fully saturated rings. The minimum Gasteiger partial charge on any atom is -0.482 e.